The molecule has 0 amide bonds. The summed E-state index contributed by atoms with van der Waals surface area (Å²) in [5, 5.41) is 9.24. The number of nitrogens with zero attached hydrogens (tertiary/aromatic N) is 1. The molecule has 20 heavy (non-hydrogen) atoms. The maximum Gasteiger partial charge on any atom is 0.184 e. The Bertz CT molecular complexity index is 683. The smallest absolute Gasteiger partial charge is 0.184 e. The van der Waals surface area contributed by atoms with Crippen molar-refractivity contribution >= 4 is 5.78 Å². The Morgan fingerprint density at radius 1 is 1.15 bits per heavy atom. The van der Waals surface area contributed by atoms with E-state index in [4.69, 9.17) is 0 Å². The molecule has 0 aliphatic heterocycles. The highest BCUT2D eigenvalue weighted by Gasteiger charge is 2.22. The molecule has 0 saturated carbocycles. The molecule has 1 atom stereocenters. The molecule has 0 aromatic heterocycles. The summed E-state index contributed by atoms with van der Waals surface area (Å²) in [5.74, 6) is -1.72. The molecule has 0 saturated heterocycles. The summed E-state index contributed by atoms with van der Waals surface area (Å²) in [4.78, 5) is 12.3. The Kier molecular flexibility index (Phi) is 3.95. The van der Waals surface area contributed by atoms with Gasteiger partial charge in [-0.2, -0.15) is 5.26 Å². The van der Waals surface area contributed by atoms with E-state index < -0.39 is 11.7 Å². The van der Waals surface area contributed by atoms with Crippen LogP contribution in [-0.2, 0) is 0 Å². The molecule has 0 N–H and O–H groups in total. The zero-order valence-electron chi connectivity index (χ0n) is 11.4. The van der Waals surface area contributed by atoms with Gasteiger partial charge in [0, 0.05) is 5.56 Å². The van der Waals surface area contributed by atoms with E-state index in [1.54, 1.807) is 31.2 Å². The van der Waals surface area contributed by atoms with Crippen molar-refractivity contribution in [2.75, 3.05) is 0 Å². The van der Waals surface area contributed by atoms with Crippen molar-refractivity contribution < 1.29 is 9.18 Å². The average Bonchev–Trinajstić information content (AvgIpc) is 2.44. The largest absolute Gasteiger partial charge is 0.292 e. The molecule has 2 aromatic carbocycles. The molecule has 100 valence electrons. The second-order valence-electron chi connectivity index (χ2n) is 4.80. The fourth-order valence-electron chi connectivity index (χ4n) is 1.96. The van der Waals surface area contributed by atoms with E-state index in [0.717, 1.165) is 5.56 Å². The highest BCUT2D eigenvalue weighted by Crippen LogP contribution is 2.22. The first-order valence-corrected chi connectivity index (χ1v) is 6.29. The predicted molar refractivity (Wildman–Crippen MR) is 75.0 cm³/mol. The van der Waals surface area contributed by atoms with Gasteiger partial charge in [-0.15, -0.1) is 0 Å². The van der Waals surface area contributed by atoms with Crippen LogP contribution in [0.25, 0.3) is 0 Å². The van der Waals surface area contributed by atoms with E-state index in [0.29, 0.717) is 11.1 Å². The maximum atomic E-state index is 13.5. The number of carbonyl (C=O) groups excluding carboxylic acids is 1. The first kappa shape index (κ1) is 14.0. The Balaban J connectivity index is 2.36. The molecular formula is C17H14FNO. The van der Waals surface area contributed by atoms with E-state index in [2.05, 4.69) is 0 Å². The van der Waals surface area contributed by atoms with Crippen molar-refractivity contribution in [1.29, 1.82) is 5.26 Å². The van der Waals surface area contributed by atoms with Crippen molar-refractivity contribution in [3.8, 4) is 6.07 Å². The third-order valence-corrected chi connectivity index (χ3v) is 3.26. The molecular weight excluding hydrogens is 253 g/mol. The van der Waals surface area contributed by atoms with E-state index in [-0.39, 0.29) is 11.3 Å². The summed E-state index contributed by atoms with van der Waals surface area (Å²) >= 11 is 0. The van der Waals surface area contributed by atoms with Crippen molar-refractivity contribution in [3.63, 3.8) is 0 Å². The van der Waals surface area contributed by atoms with Crippen molar-refractivity contribution in [3.05, 3.63) is 70.5 Å². The molecule has 0 fully saturated rings. The monoisotopic (exact) mass is 267 g/mol. The zero-order valence-corrected chi connectivity index (χ0v) is 11.4. The predicted octanol–water partition coefficient (Wildman–Crippen LogP) is 3.93. The van der Waals surface area contributed by atoms with Gasteiger partial charge in [0.25, 0.3) is 0 Å². The molecule has 1 unspecified atom stereocenters. The molecule has 0 bridgehead atoms. The van der Waals surface area contributed by atoms with Gasteiger partial charge in [0.2, 0.25) is 0 Å². The van der Waals surface area contributed by atoms with E-state index >= 15 is 0 Å². The SMILES string of the molecule is Cc1ccc(C(C#N)C(=O)c2ccc(C)c(F)c2)cc1. The number of rotatable bonds is 3. The Labute approximate surface area is 117 Å². The standard InChI is InChI=1S/C17H14FNO/c1-11-3-6-13(7-4-11)15(10-19)17(20)14-8-5-12(2)16(18)9-14/h3-9,15H,1-2H3. The van der Waals surface area contributed by atoms with Gasteiger partial charge < -0.3 is 0 Å². The molecule has 0 heterocycles. The number of halogens is 1. The Morgan fingerprint density at radius 3 is 2.35 bits per heavy atom. The quantitative estimate of drug-likeness (QED) is 0.790. The lowest BCUT2D eigenvalue weighted by molar-refractivity contribution is 0.0978. The maximum absolute atomic E-state index is 13.5. The number of nitriles is 1. The van der Waals surface area contributed by atoms with E-state index in [1.807, 2.05) is 25.1 Å². The molecule has 2 nitrogen and oxygen atoms in total. The van der Waals surface area contributed by atoms with Crippen molar-refractivity contribution in [1.82, 2.24) is 0 Å². The lowest BCUT2D eigenvalue weighted by Crippen LogP contribution is -2.11. The summed E-state index contributed by atoms with van der Waals surface area (Å²) in [6.45, 7) is 3.56. The summed E-state index contributed by atoms with van der Waals surface area (Å²) in [7, 11) is 0. The van der Waals surface area contributed by atoms with Crippen LogP contribution in [0.5, 0.6) is 0 Å². The summed E-state index contributed by atoms with van der Waals surface area (Å²) in [5.41, 5.74) is 2.38. The Morgan fingerprint density at radius 2 is 1.80 bits per heavy atom. The van der Waals surface area contributed by atoms with Crippen LogP contribution in [0.2, 0.25) is 0 Å². The van der Waals surface area contributed by atoms with Crippen molar-refractivity contribution in [2.45, 2.75) is 19.8 Å². The van der Waals surface area contributed by atoms with Gasteiger partial charge >= 0.3 is 0 Å². The summed E-state index contributed by atoms with van der Waals surface area (Å²) < 4.78 is 13.5. The number of hydrogen-bond donors (Lipinski definition) is 0. The van der Waals surface area contributed by atoms with Crippen LogP contribution in [0.4, 0.5) is 4.39 Å². The van der Waals surface area contributed by atoms with Crippen LogP contribution in [-0.4, -0.2) is 5.78 Å². The first-order valence-electron chi connectivity index (χ1n) is 6.29. The molecule has 0 radical (unpaired) electrons. The number of hydrogen-bond acceptors (Lipinski definition) is 2. The van der Waals surface area contributed by atoms with Gasteiger partial charge in [-0.3, -0.25) is 4.79 Å². The van der Waals surface area contributed by atoms with Crippen LogP contribution in [0.3, 0.4) is 0 Å². The number of ketones is 1. The summed E-state index contributed by atoms with van der Waals surface area (Å²) in [6, 6.07) is 13.5. The Hall–Kier alpha value is -2.47. The third-order valence-electron chi connectivity index (χ3n) is 3.26. The molecule has 2 rings (SSSR count). The number of aryl methyl sites for hydroxylation is 2. The fourth-order valence-corrected chi connectivity index (χ4v) is 1.96. The highest BCUT2D eigenvalue weighted by molar-refractivity contribution is 6.02. The van der Waals surface area contributed by atoms with Crippen LogP contribution in [0.15, 0.2) is 42.5 Å². The van der Waals surface area contributed by atoms with Gasteiger partial charge in [-0.25, -0.2) is 4.39 Å². The minimum Gasteiger partial charge on any atom is -0.292 e. The fraction of sp³-hybridized carbons (Fsp3) is 0.176. The van der Waals surface area contributed by atoms with Crippen LogP contribution in [0.1, 0.15) is 33.0 Å². The van der Waals surface area contributed by atoms with Gasteiger partial charge in [-0.1, -0.05) is 42.0 Å². The summed E-state index contributed by atoms with van der Waals surface area (Å²) in [6.07, 6.45) is 0. The molecule has 0 aliphatic carbocycles. The zero-order chi connectivity index (χ0) is 14.7. The molecule has 0 aliphatic rings. The second-order valence-corrected chi connectivity index (χ2v) is 4.80. The van der Waals surface area contributed by atoms with Gasteiger partial charge in [0.15, 0.2) is 5.78 Å². The minimum absolute atomic E-state index is 0.222. The van der Waals surface area contributed by atoms with Gasteiger partial charge in [-0.05, 0) is 31.0 Å². The number of carbonyl (C=O) groups is 1. The molecule has 3 heteroatoms. The molecule has 0 spiro atoms. The second kappa shape index (κ2) is 5.66. The molecule has 2 aromatic rings. The normalized spacial score (nSPS) is 11.7. The number of benzene rings is 2. The van der Waals surface area contributed by atoms with E-state index in [1.165, 1.54) is 6.07 Å². The number of Topliss-reactive ketones (excluding diaryl/α,β-unsaturated/α-hetero) is 1. The first-order chi connectivity index (χ1) is 9.52. The van der Waals surface area contributed by atoms with E-state index in [9.17, 15) is 14.4 Å². The average molecular weight is 267 g/mol. The minimum atomic E-state index is -0.905. The van der Waals surface area contributed by atoms with Crippen molar-refractivity contribution in [2.24, 2.45) is 0 Å². The lowest BCUT2D eigenvalue weighted by Gasteiger charge is -2.09. The highest BCUT2D eigenvalue weighted by atomic mass is 19.1. The van der Waals surface area contributed by atoms with Crippen LogP contribution in [0, 0.1) is 31.0 Å². The van der Waals surface area contributed by atoms with Gasteiger partial charge in [0.05, 0.1) is 6.07 Å². The van der Waals surface area contributed by atoms with Crippen LogP contribution >= 0.6 is 0 Å². The van der Waals surface area contributed by atoms with Gasteiger partial charge in [0.1, 0.15) is 11.7 Å². The lowest BCUT2D eigenvalue weighted by atomic mass is 9.91. The topological polar surface area (TPSA) is 40.9 Å². The third kappa shape index (κ3) is 2.75. The van der Waals surface area contributed by atoms with Crippen LogP contribution < -0.4 is 0 Å².